The Bertz CT molecular complexity index is 305. The first-order valence-electron chi connectivity index (χ1n) is 5.01. The molecule has 0 saturated carbocycles. The summed E-state index contributed by atoms with van der Waals surface area (Å²) in [5.41, 5.74) is 7.14. The highest BCUT2D eigenvalue weighted by atomic mass is 16.5. The zero-order valence-corrected chi connectivity index (χ0v) is 9.19. The molecule has 5 heteroatoms. The Kier molecular flexibility index (Phi) is 5.00. The van der Waals surface area contributed by atoms with Crippen LogP contribution < -0.4 is 10.5 Å². The molecule has 0 amide bonds. The fourth-order valence-corrected chi connectivity index (χ4v) is 1.11. The van der Waals surface area contributed by atoms with E-state index in [0.29, 0.717) is 32.4 Å². The van der Waals surface area contributed by atoms with Crippen molar-refractivity contribution >= 4 is 0 Å². The molecule has 0 aliphatic heterocycles. The van der Waals surface area contributed by atoms with Gasteiger partial charge in [-0.1, -0.05) is 0 Å². The third kappa shape index (κ3) is 4.22. The molecule has 1 aromatic heterocycles. The summed E-state index contributed by atoms with van der Waals surface area (Å²) in [6.45, 7) is 5.91. The van der Waals surface area contributed by atoms with Gasteiger partial charge < -0.3 is 15.2 Å². The number of nitrogens with two attached hydrogens (primary N) is 1. The highest BCUT2D eigenvalue weighted by molar-refractivity contribution is 5.12. The smallest absolute Gasteiger partial charge is 0.316 e. The van der Waals surface area contributed by atoms with Gasteiger partial charge in [0.05, 0.1) is 12.3 Å². The zero-order valence-electron chi connectivity index (χ0n) is 9.19. The van der Waals surface area contributed by atoms with Crippen LogP contribution in [0.3, 0.4) is 0 Å². The van der Waals surface area contributed by atoms with E-state index in [9.17, 15) is 0 Å². The Balaban J connectivity index is 2.49. The Morgan fingerprint density at radius 3 is 2.80 bits per heavy atom. The highest BCUT2D eigenvalue weighted by Gasteiger charge is 2.01. The minimum Gasteiger partial charge on any atom is -0.461 e. The molecular formula is C10H17N3O2. The van der Waals surface area contributed by atoms with E-state index >= 15 is 0 Å². The van der Waals surface area contributed by atoms with Crippen LogP contribution in [0.5, 0.6) is 6.01 Å². The lowest BCUT2D eigenvalue weighted by molar-refractivity contribution is 0.106. The predicted octanol–water partition coefficient (Wildman–Crippen LogP) is 0.659. The summed E-state index contributed by atoms with van der Waals surface area (Å²) in [6, 6.07) is 2.21. The summed E-state index contributed by atoms with van der Waals surface area (Å²) in [7, 11) is 0. The zero-order chi connectivity index (χ0) is 11.1. The molecule has 0 saturated heterocycles. The summed E-state index contributed by atoms with van der Waals surface area (Å²) in [6.07, 6.45) is 0. The second-order valence-corrected chi connectivity index (χ2v) is 3.03. The van der Waals surface area contributed by atoms with Crippen LogP contribution in [0.15, 0.2) is 6.07 Å². The lowest BCUT2D eigenvalue weighted by atomic mass is 10.3. The average molecular weight is 211 g/mol. The van der Waals surface area contributed by atoms with E-state index in [1.54, 1.807) is 0 Å². The fourth-order valence-electron chi connectivity index (χ4n) is 1.11. The summed E-state index contributed by atoms with van der Waals surface area (Å²) in [5.74, 6) is 0. The molecule has 15 heavy (non-hydrogen) atoms. The molecule has 5 nitrogen and oxygen atoms in total. The molecule has 1 rings (SSSR count). The largest absolute Gasteiger partial charge is 0.461 e. The monoisotopic (exact) mass is 211 g/mol. The van der Waals surface area contributed by atoms with Crippen LogP contribution in [0.1, 0.15) is 18.3 Å². The van der Waals surface area contributed by atoms with E-state index in [4.69, 9.17) is 15.2 Å². The van der Waals surface area contributed by atoms with Gasteiger partial charge in [-0.25, -0.2) is 4.98 Å². The Morgan fingerprint density at radius 2 is 2.13 bits per heavy atom. The van der Waals surface area contributed by atoms with Gasteiger partial charge in [0, 0.05) is 18.8 Å². The molecule has 0 aliphatic rings. The predicted molar refractivity (Wildman–Crippen MR) is 56.6 cm³/mol. The number of aromatic nitrogens is 2. The topological polar surface area (TPSA) is 70.3 Å². The first kappa shape index (κ1) is 11.9. The van der Waals surface area contributed by atoms with Gasteiger partial charge in [0.25, 0.3) is 0 Å². The van der Waals surface area contributed by atoms with Crippen LogP contribution in [0.2, 0.25) is 0 Å². The molecule has 0 bridgehead atoms. The van der Waals surface area contributed by atoms with Crippen molar-refractivity contribution in [2.75, 3.05) is 19.8 Å². The molecule has 0 aromatic carbocycles. The minimum absolute atomic E-state index is 0.371. The number of ether oxygens (including phenoxy) is 2. The van der Waals surface area contributed by atoms with Gasteiger partial charge in [0.2, 0.25) is 0 Å². The summed E-state index contributed by atoms with van der Waals surface area (Å²) in [5, 5.41) is 0. The maximum atomic E-state index is 5.49. The quantitative estimate of drug-likeness (QED) is 0.700. The second-order valence-electron chi connectivity index (χ2n) is 3.03. The Hall–Kier alpha value is -1.20. The standard InChI is InChI=1S/C10H17N3O2/c1-3-14-4-5-15-10-12-8(2)6-9(7-11)13-10/h6H,3-5,7,11H2,1-2H3. The number of nitrogens with zero attached hydrogens (tertiary/aromatic N) is 2. The van der Waals surface area contributed by atoms with Crippen LogP contribution in [0.4, 0.5) is 0 Å². The molecular weight excluding hydrogens is 194 g/mol. The summed E-state index contributed by atoms with van der Waals surface area (Å²) >= 11 is 0. The van der Waals surface area contributed by atoms with Crippen molar-refractivity contribution in [3.8, 4) is 6.01 Å². The van der Waals surface area contributed by atoms with Gasteiger partial charge in [-0.15, -0.1) is 0 Å². The SMILES string of the molecule is CCOCCOc1nc(C)cc(CN)n1. The van der Waals surface area contributed by atoms with Gasteiger partial charge in [-0.05, 0) is 19.9 Å². The van der Waals surface area contributed by atoms with Crippen LogP contribution >= 0.6 is 0 Å². The van der Waals surface area contributed by atoms with Gasteiger partial charge in [-0.2, -0.15) is 4.98 Å². The molecule has 1 aromatic rings. The molecule has 84 valence electrons. The van der Waals surface area contributed by atoms with Gasteiger partial charge in [0.1, 0.15) is 6.61 Å². The number of hydrogen-bond acceptors (Lipinski definition) is 5. The van der Waals surface area contributed by atoms with Crippen molar-refractivity contribution in [3.63, 3.8) is 0 Å². The van der Waals surface area contributed by atoms with Crippen molar-refractivity contribution in [2.24, 2.45) is 5.73 Å². The Morgan fingerprint density at radius 1 is 1.33 bits per heavy atom. The molecule has 0 radical (unpaired) electrons. The molecule has 0 unspecified atom stereocenters. The molecule has 0 aliphatic carbocycles. The first-order chi connectivity index (χ1) is 7.26. The van der Waals surface area contributed by atoms with E-state index in [-0.39, 0.29) is 0 Å². The Labute approximate surface area is 89.6 Å². The third-order valence-electron chi connectivity index (χ3n) is 1.76. The van der Waals surface area contributed by atoms with Gasteiger partial charge in [0.15, 0.2) is 0 Å². The van der Waals surface area contributed by atoms with Crippen LogP contribution in [-0.4, -0.2) is 29.8 Å². The normalized spacial score (nSPS) is 10.3. The minimum atomic E-state index is 0.371. The van der Waals surface area contributed by atoms with E-state index in [1.807, 2.05) is 19.9 Å². The lowest BCUT2D eigenvalue weighted by Crippen LogP contribution is -2.10. The van der Waals surface area contributed by atoms with E-state index in [0.717, 1.165) is 11.4 Å². The van der Waals surface area contributed by atoms with Gasteiger partial charge >= 0.3 is 6.01 Å². The molecule has 2 N–H and O–H groups in total. The fraction of sp³-hybridized carbons (Fsp3) is 0.600. The maximum Gasteiger partial charge on any atom is 0.316 e. The average Bonchev–Trinajstić information content (AvgIpc) is 2.23. The van der Waals surface area contributed by atoms with E-state index in [1.165, 1.54) is 0 Å². The van der Waals surface area contributed by atoms with Crippen LogP contribution in [0, 0.1) is 6.92 Å². The van der Waals surface area contributed by atoms with Gasteiger partial charge in [-0.3, -0.25) is 0 Å². The second kappa shape index (κ2) is 6.31. The molecule has 0 spiro atoms. The van der Waals surface area contributed by atoms with Crippen molar-refractivity contribution < 1.29 is 9.47 Å². The maximum absolute atomic E-state index is 5.49. The number of rotatable bonds is 6. The summed E-state index contributed by atoms with van der Waals surface area (Å²) < 4.78 is 10.5. The van der Waals surface area contributed by atoms with Crippen molar-refractivity contribution in [1.82, 2.24) is 9.97 Å². The van der Waals surface area contributed by atoms with E-state index in [2.05, 4.69) is 9.97 Å². The third-order valence-corrected chi connectivity index (χ3v) is 1.76. The molecule has 1 heterocycles. The highest BCUT2D eigenvalue weighted by Crippen LogP contribution is 2.06. The van der Waals surface area contributed by atoms with Crippen LogP contribution in [0.25, 0.3) is 0 Å². The van der Waals surface area contributed by atoms with Crippen molar-refractivity contribution in [1.29, 1.82) is 0 Å². The first-order valence-corrected chi connectivity index (χ1v) is 5.01. The molecule has 0 atom stereocenters. The van der Waals surface area contributed by atoms with Crippen molar-refractivity contribution in [2.45, 2.75) is 20.4 Å². The molecule has 0 fully saturated rings. The number of hydrogen-bond donors (Lipinski definition) is 1. The van der Waals surface area contributed by atoms with Crippen molar-refractivity contribution in [3.05, 3.63) is 17.5 Å². The summed E-state index contributed by atoms with van der Waals surface area (Å²) in [4.78, 5) is 8.27. The lowest BCUT2D eigenvalue weighted by Gasteiger charge is -2.06. The van der Waals surface area contributed by atoms with Crippen LogP contribution in [-0.2, 0) is 11.3 Å². The van der Waals surface area contributed by atoms with E-state index < -0.39 is 0 Å². The number of aryl methyl sites for hydroxylation is 1.